The van der Waals surface area contributed by atoms with Gasteiger partial charge in [-0.15, -0.1) is 0 Å². The summed E-state index contributed by atoms with van der Waals surface area (Å²) >= 11 is 0. The van der Waals surface area contributed by atoms with E-state index in [1.54, 1.807) is 27.7 Å². The quantitative estimate of drug-likeness (QED) is 0.316. The molecule has 0 saturated carbocycles. The molecule has 0 unspecified atom stereocenters. The first-order valence-electron chi connectivity index (χ1n) is 12.8. The highest BCUT2D eigenvalue weighted by Crippen LogP contribution is 2.31. The second kappa shape index (κ2) is 10.1. The summed E-state index contributed by atoms with van der Waals surface area (Å²) in [6, 6.07) is 6.10. The van der Waals surface area contributed by atoms with Gasteiger partial charge in [0.25, 0.3) is 5.69 Å². The lowest BCUT2D eigenvalue weighted by molar-refractivity contribution is -0.384. The standard InChI is InChI=1S/C26H36N8O4/c1-16(2)20-14-27-33-21(20)30-22(31-23(33)29-17-9-8-10-19(13-17)34(36)37)28-18-11-12-26(6,7)32(15-18)24(35)38-25(3,4)5/h8-10,13-14,16,18H,11-12,15H2,1-7H3,(H2,28,29,30,31)/t18-/m0/s1. The molecule has 204 valence electrons. The Balaban J connectivity index is 1.65. The van der Waals surface area contributed by atoms with Crippen LogP contribution in [0.4, 0.5) is 28.1 Å². The third kappa shape index (κ3) is 5.95. The van der Waals surface area contributed by atoms with Gasteiger partial charge in [0.2, 0.25) is 11.9 Å². The van der Waals surface area contributed by atoms with Crippen LogP contribution < -0.4 is 10.6 Å². The number of anilines is 3. The molecule has 1 aliphatic rings. The number of fused-ring (bicyclic) bond motifs is 1. The van der Waals surface area contributed by atoms with Crippen LogP contribution in [0.3, 0.4) is 0 Å². The predicted octanol–water partition coefficient (Wildman–Crippen LogP) is 5.49. The zero-order chi connectivity index (χ0) is 27.8. The van der Waals surface area contributed by atoms with Gasteiger partial charge in [-0.3, -0.25) is 10.1 Å². The average Bonchev–Trinajstić information content (AvgIpc) is 3.24. The number of nitrogens with one attached hydrogen (secondary N) is 2. The highest BCUT2D eigenvalue weighted by atomic mass is 16.6. The summed E-state index contributed by atoms with van der Waals surface area (Å²) in [6.45, 7) is 14.2. The molecule has 12 nitrogen and oxygen atoms in total. The van der Waals surface area contributed by atoms with Gasteiger partial charge in [-0.05, 0) is 59.4 Å². The monoisotopic (exact) mass is 524 g/mol. The second-order valence-corrected chi connectivity index (χ2v) is 11.6. The van der Waals surface area contributed by atoms with Crippen molar-refractivity contribution in [3.63, 3.8) is 0 Å². The summed E-state index contributed by atoms with van der Waals surface area (Å²) in [4.78, 5) is 35.0. The van der Waals surface area contributed by atoms with E-state index in [0.717, 1.165) is 18.4 Å². The lowest BCUT2D eigenvalue weighted by Gasteiger charge is -2.45. The Morgan fingerprint density at radius 3 is 2.66 bits per heavy atom. The number of aromatic nitrogens is 4. The highest BCUT2D eigenvalue weighted by Gasteiger charge is 2.39. The number of nitrogens with zero attached hydrogens (tertiary/aromatic N) is 6. The van der Waals surface area contributed by atoms with Crippen LogP contribution in [-0.4, -0.2) is 59.2 Å². The van der Waals surface area contributed by atoms with Gasteiger partial charge >= 0.3 is 6.09 Å². The number of nitro groups is 1. The van der Waals surface area contributed by atoms with Gasteiger partial charge in [0, 0.05) is 41.5 Å². The van der Waals surface area contributed by atoms with Crippen molar-refractivity contribution in [3.05, 3.63) is 46.1 Å². The van der Waals surface area contributed by atoms with Crippen molar-refractivity contribution in [1.29, 1.82) is 0 Å². The molecule has 0 spiro atoms. The van der Waals surface area contributed by atoms with Crippen LogP contribution in [0.2, 0.25) is 0 Å². The molecule has 0 aliphatic carbocycles. The van der Waals surface area contributed by atoms with E-state index < -0.39 is 10.5 Å². The average molecular weight is 525 g/mol. The first kappa shape index (κ1) is 27.1. The van der Waals surface area contributed by atoms with Gasteiger partial charge in [-0.1, -0.05) is 19.9 Å². The number of ether oxygens (including phenoxy) is 1. The van der Waals surface area contributed by atoms with Gasteiger partial charge in [0.15, 0.2) is 5.65 Å². The maximum atomic E-state index is 13.0. The third-order valence-corrected chi connectivity index (χ3v) is 6.52. The molecule has 1 saturated heterocycles. The highest BCUT2D eigenvalue weighted by molar-refractivity contribution is 5.69. The molecule has 1 amide bonds. The lowest BCUT2D eigenvalue weighted by Crippen LogP contribution is -2.57. The first-order valence-corrected chi connectivity index (χ1v) is 12.8. The minimum absolute atomic E-state index is 0.0333. The Bertz CT molecular complexity index is 1340. The normalized spacial score (nSPS) is 17.5. The van der Waals surface area contributed by atoms with Crippen LogP contribution in [0.5, 0.6) is 0 Å². The lowest BCUT2D eigenvalue weighted by atomic mass is 9.88. The summed E-state index contributed by atoms with van der Waals surface area (Å²) in [6.07, 6.45) is 2.99. The molecule has 0 bridgehead atoms. The van der Waals surface area contributed by atoms with E-state index in [4.69, 9.17) is 9.72 Å². The zero-order valence-corrected chi connectivity index (χ0v) is 23.0. The van der Waals surface area contributed by atoms with Crippen molar-refractivity contribution in [2.45, 2.75) is 84.4 Å². The van der Waals surface area contributed by atoms with E-state index in [1.807, 2.05) is 34.6 Å². The summed E-state index contributed by atoms with van der Waals surface area (Å²) in [5, 5.41) is 22.3. The molecule has 2 aromatic heterocycles. The number of hydrogen-bond donors (Lipinski definition) is 2. The predicted molar refractivity (Wildman–Crippen MR) is 145 cm³/mol. The van der Waals surface area contributed by atoms with Gasteiger partial charge in [-0.25, -0.2) is 4.79 Å². The molecule has 3 aromatic rings. The van der Waals surface area contributed by atoms with Crippen molar-refractivity contribution in [2.75, 3.05) is 17.2 Å². The molecular formula is C26H36N8O4. The molecular weight excluding hydrogens is 488 g/mol. The van der Waals surface area contributed by atoms with Crippen LogP contribution in [0.25, 0.3) is 5.65 Å². The molecule has 4 rings (SSSR count). The summed E-state index contributed by atoms with van der Waals surface area (Å²) < 4.78 is 7.26. The van der Waals surface area contributed by atoms with E-state index in [-0.39, 0.29) is 29.3 Å². The van der Waals surface area contributed by atoms with Gasteiger partial charge in [0.1, 0.15) is 5.60 Å². The van der Waals surface area contributed by atoms with Crippen LogP contribution in [0, 0.1) is 10.1 Å². The molecule has 0 radical (unpaired) electrons. The van der Waals surface area contributed by atoms with E-state index >= 15 is 0 Å². The maximum Gasteiger partial charge on any atom is 0.410 e. The number of likely N-dealkylation sites (tertiary alicyclic amines) is 1. The Hall–Kier alpha value is -3.96. The van der Waals surface area contributed by atoms with Crippen molar-refractivity contribution in [2.24, 2.45) is 0 Å². The molecule has 3 heterocycles. The fourth-order valence-corrected chi connectivity index (χ4v) is 4.43. The number of carbonyl (C=O) groups is 1. The molecule has 1 atom stereocenters. The van der Waals surface area contributed by atoms with E-state index in [2.05, 4.69) is 34.6 Å². The van der Waals surface area contributed by atoms with E-state index in [0.29, 0.717) is 29.8 Å². The van der Waals surface area contributed by atoms with Gasteiger partial charge < -0.3 is 20.3 Å². The van der Waals surface area contributed by atoms with Crippen LogP contribution in [-0.2, 0) is 4.74 Å². The molecule has 1 aliphatic heterocycles. The Labute approximate surface area is 221 Å². The molecule has 2 N–H and O–H groups in total. The number of amides is 1. The number of carbonyl (C=O) groups excluding carboxylic acids is 1. The zero-order valence-electron chi connectivity index (χ0n) is 23.0. The van der Waals surface area contributed by atoms with E-state index in [1.165, 1.54) is 12.1 Å². The fraction of sp³-hybridized carbons (Fsp3) is 0.538. The van der Waals surface area contributed by atoms with Crippen LogP contribution >= 0.6 is 0 Å². The minimum Gasteiger partial charge on any atom is -0.444 e. The summed E-state index contributed by atoms with van der Waals surface area (Å²) in [7, 11) is 0. The van der Waals surface area contributed by atoms with Crippen molar-refractivity contribution in [1.82, 2.24) is 24.5 Å². The fourth-order valence-electron chi connectivity index (χ4n) is 4.43. The minimum atomic E-state index is -0.593. The van der Waals surface area contributed by atoms with Crippen LogP contribution in [0.1, 0.15) is 72.8 Å². The smallest absolute Gasteiger partial charge is 0.410 e. The first-order chi connectivity index (χ1) is 17.7. The number of rotatable bonds is 6. The van der Waals surface area contributed by atoms with Crippen LogP contribution in [0.15, 0.2) is 30.5 Å². The van der Waals surface area contributed by atoms with Gasteiger partial charge in [-0.2, -0.15) is 19.6 Å². The molecule has 1 fully saturated rings. The third-order valence-electron chi connectivity index (χ3n) is 6.52. The number of piperidine rings is 1. The van der Waals surface area contributed by atoms with E-state index in [9.17, 15) is 14.9 Å². The van der Waals surface area contributed by atoms with Gasteiger partial charge in [0.05, 0.1) is 11.1 Å². The topological polar surface area (TPSA) is 140 Å². The maximum absolute atomic E-state index is 13.0. The number of non-ortho nitro benzene ring substituents is 1. The van der Waals surface area contributed by atoms with Crippen molar-refractivity contribution in [3.8, 4) is 0 Å². The SMILES string of the molecule is CC(C)c1cnn2c(Nc3cccc([N+](=O)[O-])c3)nc(N[C@H]3CCC(C)(C)N(C(=O)OC(C)(C)C)C3)nc12. The molecule has 12 heteroatoms. The largest absolute Gasteiger partial charge is 0.444 e. The molecule has 1 aromatic carbocycles. The Morgan fingerprint density at radius 1 is 1.26 bits per heavy atom. The van der Waals surface area contributed by atoms with Crippen molar-refractivity contribution < 1.29 is 14.5 Å². The summed E-state index contributed by atoms with van der Waals surface area (Å²) in [5.41, 5.74) is 1.10. The Kier molecular flexibility index (Phi) is 7.18. The number of nitro benzene ring substituents is 1. The summed E-state index contributed by atoms with van der Waals surface area (Å²) in [5.74, 6) is 0.908. The van der Waals surface area contributed by atoms with Crippen molar-refractivity contribution >= 4 is 35.0 Å². The second-order valence-electron chi connectivity index (χ2n) is 11.6. The number of hydrogen-bond acceptors (Lipinski definition) is 9. The molecule has 38 heavy (non-hydrogen) atoms. The Morgan fingerprint density at radius 2 is 2.00 bits per heavy atom. The number of benzene rings is 1.